The molecular formula is C13H15N3O3. The second-order valence-electron chi connectivity index (χ2n) is 4.26. The Hall–Kier alpha value is -2.50. The molecule has 0 amide bonds. The maximum atomic E-state index is 10.5. The fourth-order valence-electron chi connectivity index (χ4n) is 1.76. The lowest BCUT2D eigenvalue weighted by atomic mass is 10.2. The van der Waals surface area contributed by atoms with Crippen molar-refractivity contribution in [2.24, 2.45) is 0 Å². The number of nitrogens with one attached hydrogen (secondary N) is 1. The number of benzene rings is 1. The summed E-state index contributed by atoms with van der Waals surface area (Å²) in [4.78, 5) is 12.0. The molecule has 100 valence electrons. The largest absolute Gasteiger partial charge is 0.433 e. The fourth-order valence-corrected chi connectivity index (χ4v) is 1.76. The molecule has 1 aromatic heterocycles. The molecule has 6 heteroatoms. The first-order valence-electron chi connectivity index (χ1n) is 5.81. The zero-order valence-corrected chi connectivity index (χ0v) is 10.8. The third kappa shape index (κ3) is 3.04. The van der Waals surface area contributed by atoms with Crippen LogP contribution in [-0.4, -0.2) is 19.0 Å². The minimum Gasteiger partial charge on any atom is -0.404 e. The van der Waals surface area contributed by atoms with Crippen LogP contribution in [0.15, 0.2) is 40.8 Å². The van der Waals surface area contributed by atoms with Gasteiger partial charge in [0, 0.05) is 14.1 Å². The summed E-state index contributed by atoms with van der Waals surface area (Å²) >= 11 is 0. The molecule has 0 unspecified atom stereocenters. The molecule has 1 N–H and O–H groups in total. The maximum Gasteiger partial charge on any atom is 0.433 e. The van der Waals surface area contributed by atoms with Crippen LogP contribution >= 0.6 is 0 Å². The molecular weight excluding hydrogens is 246 g/mol. The molecule has 6 nitrogen and oxygen atoms in total. The Morgan fingerprint density at radius 2 is 2.00 bits per heavy atom. The molecule has 0 aliphatic heterocycles. The van der Waals surface area contributed by atoms with Crippen LogP contribution < -0.4 is 10.2 Å². The van der Waals surface area contributed by atoms with Gasteiger partial charge in [0.15, 0.2) is 0 Å². The van der Waals surface area contributed by atoms with E-state index >= 15 is 0 Å². The Morgan fingerprint density at radius 1 is 1.26 bits per heavy atom. The summed E-state index contributed by atoms with van der Waals surface area (Å²) in [6.07, 6.45) is 0. The number of nitrogens with zero attached hydrogens (tertiary/aromatic N) is 2. The standard InChI is InChI=1S/C13H15N3O3/c1-15(2)12-6-4-3-5-11(12)14-9-10-7-8-13(19-10)16(17)18/h3-8,14H,9H2,1-2H3. The third-order valence-corrected chi connectivity index (χ3v) is 2.67. The van der Waals surface area contributed by atoms with Gasteiger partial charge in [0.1, 0.15) is 10.7 Å². The molecule has 1 aromatic carbocycles. The summed E-state index contributed by atoms with van der Waals surface area (Å²) in [7, 11) is 3.91. The highest BCUT2D eigenvalue weighted by Crippen LogP contribution is 2.24. The van der Waals surface area contributed by atoms with Gasteiger partial charge in [0.25, 0.3) is 0 Å². The summed E-state index contributed by atoms with van der Waals surface area (Å²) in [6.45, 7) is 0.401. The van der Waals surface area contributed by atoms with E-state index in [-0.39, 0.29) is 5.88 Å². The number of rotatable bonds is 5. The van der Waals surface area contributed by atoms with Crippen LogP contribution in [0.3, 0.4) is 0 Å². The van der Waals surface area contributed by atoms with Gasteiger partial charge in [-0.25, -0.2) is 0 Å². The number of anilines is 2. The number of hydrogen-bond acceptors (Lipinski definition) is 5. The molecule has 0 saturated heterocycles. The summed E-state index contributed by atoms with van der Waals surface area (Å²) in [5.41, 5.74) is 2.00. The third-order valence-electron chi connectivity index (χ3n) is 2.67. The van der Waals surface area contributed by atoms with E-state index in [4.69, 9.17) is 4.42 Å². The van der Waals surface area contributed by atoms with E-state index in [9.17, 15) is 10.1 Å². The van der Waals surface area contributed by atoms with Crippen molar-refractivity contribution >= 4 is 17.3 Å². The van der Waals surface area contributed by atoms with Crippen molar-refractivity contribution in [3.63, 3.8) is 0 Å². The van der Waals surface area contributed by atoms with E-state index in [0.717, 1.165) is 11.4 Å². The molecule has 0 aliphatic rings. The van der Waals surface area contributed by atoms with Gasteiger partial charge in [-0.15, -0.1) is 0 Å². The van der Waals surface area contributed by atoms with Gasteiger partial charge in [0.2, 0.25) is 0 Å². The SMILES string of the molecule is CN(C)c1ccccc1NCc1ccc([N+](=O)[O-])o1. The van der Waals surface area contributed by atoms with Crippen molar-refractivity contribution < 1.29 is 9.34 Å². The van der Waals surface area contributed by atoms with Crippen molar-refractivity contribution in [3.05, 3.63) is 52.3 Å². The van der Waals surface area contributed by atoms with Crippen molar-refractivity contribution in [2.75, 3.05) is 24.3 Å². The predicted molar refractivity (Wildman–Crippen MR) is 73.5 cm³/mol. The Kier molecular flexibility index (Phi) is 3.70. The van der Waals surface area contributed by atoms with Crippen LogP contribution in [0.25, 0.3) is 0 Å². The van der Waals surface area contributed by atoms with Crippen molar-refractivity contribution in [2.45, 2.75) is 6.54 Å². The van der Waals surface area contributed by atoms with Crippen molar-refractivity contribution in [1.82, 2.24) is 0 Å². The average molecular weight is 261 g/mol. The molecule has 19 heavy (non-hydrogen) atoms. The molecule has 0 bridgehead atoms. The van der Waals surface area contributed by atoms with E-state index in [2.05, 4.69) is 5.32 Å². The Morgan fingerprint density at radius 3 is 2.63 bits per heavy atom. The molecule has 0 aliphatic carbocycles. The monoisotopic (exact) mass is 261 g/mol. The lowest BCUT2D eigenvalue weighted by Gasteiger charge is -2.17. The number of hydrogen-bond donors (Lipinski definition) is 1. The van der Waals surface area contributed by atoms with Crippen molar-refractivity contribution in [3.8, 4) is 0 Å². The van der Waals surface area contributed by atoms with Crippen LogP contribution in [0.4, 0.5) is 17.3 Å². The predicted octanol–water partition coefficient (Wildman–Crippen LogP) is 2.87. The van der Waals surface area contributed by atoms with E-state index in [1.54, 1.807) is 6.07 Å². The van der Waals surface area contributed by atoms with E-state index in [1.165, 1.54) is 6.07 Å². The highest BCUT2D eigenvalue weighted by molar-refractivity contribution is 5.69. The molecule has 0 atom stereocenters. The van der Waals surface area contributed by atoms with E-state index < -0.39 is 4.92 Å². The lowest BCUT2D eigenvalue weighted by molar-refractivity contribution is -0.402. The number of nitro groups is 1. The molecule has 0 fully saturated rings. The minimum atomic E-state index is -0.544. The molecule has 1 heterocycles. The summed E-state index contributed by atoms with van der Waals surface area (Å²) in [6, 6.07) is 10.8. The Balaban J connectivity index is 2.08. The van der Waals surface area contributed by atoms with Crippen LogP contribution in [0, 0.1) is 10.1 Å². The summed E-state index contributed by atoms with van der Waals surface area (Å²) in [5.74, 6) is 0.290. The Bertz CT molecular complexity index is 578. The van der Waals surface area contributed by atoms with Gasteiger partial charge in [-0.3, -0.25) is 10.1 Å². The van der Waals surface area contributed by atoms with Gasteiger partial charge < -0.3 is 14.6 Å². The Labute approximate surface area is 110 Å². The van der Waals surface area contributed by atoms with Crippen LogP contribution in [-0.2, 0) is 6.54 Å². The van der Waals surface area contributed by atoms with Crippen LogP contribution in [0.1, 0.15) is 5.76 Å². The fraction of sp³-hybridized carbons (Fsp3) is 0.231. The van der Waals surface area contributed by atoms with Gasteiger partial charge in [-0.2, -0.15) is 0 Å². The van der Waals surface area contributed by atoms with Gasteiger partial charge in [-0.1, -0.05) is 12.1 Å². The topological polar surface area (TPSA) is 71.5 Å². The first-order valence-corrected chi connectivity index (χ1v) is 5.81. The quantitative estimate of drug-likeness (QED) is 0.662. The second-order valence-corrected chi connectivity index (χ2v) is 4.26. The molecule has 2 rings (SSSR count). The highest BCUT2D eigenvalue weighted by atomic mass is 16.6. The lowest BCUT2D eigenvalue weighted by Crippen LogP contribution is -2.11. The summed E-state index contributed by atoms with van der Waals surface area (Å²) in [5, 5.41) is 13.7. The van der Waals surface area contributed by atoms with E-state index in [0.29, 0.717) is 12.3 Å². The average Bonchev–Trinajstić information content (AvgIpc) is 2.85. The molecule has 2 aromatic rings. The number of para-hydroxylation sites is 2. The smallest absolute Gasteiger partial charge is 0.404 e. The van der Waals surface area contributed by atoms with E-state index in [1.807, 2.05) is 43.3 Å². The van der Waals surface area contributed by atoms with Crippen LogP contribution in [0.2, 0.25) is 0 Å². The zero-order chi connectivity index (χ0) is 13.8. The first-order chi connectivity index (χ1) is 9.08. The highest BCUT2D eigenvalue weighted by Gasteiger charge is 2.12. The van der Waals surface area contributed by atoms with Gasteiger partial charge in [0.05, 0.1) is 24.0 Å². The minimum absolute atomic E-state index is 0.238. The van der Waals surface area contributed by atoms with Gasteiger partial charge >= 0.3 is 5.88 Å². The number of furan rings is 1. The maximum absolute atomic E-state index is 10.5. The second kappa shape index (κ2) is 5.43. The molecule has 0 saturated carbocycles. The van der Waals surface area contributed by atoms with Crippen molar-refractivity contribution in [1.29, 1.82) is 0 Å². The molecule has 0 spiro atoms. The summed E-state index contributed by atoms with van der Waals surface area (Å²) < 4.78 is 5.09. The van der Waals surface area contributed by atoms with Crippen LogP contribution in [0.5, 0.6) is 0 Å². The normalized spacial score (nSPS) is 10.2. The zero-order valence-electron chi connectivity index (χ0n) is 10.8. The molecule has 0 radical (unpaired) electrons. The first kappa shape index (κ1) is 12.9. The van der Waals surface area contributed by atoms with Gasteiger partial charge in [-0.05, 0) is 18.2 Å².